The third-order valence-corrected chi connectivity index (χ3v) is 8.68. The monoisotopic (exact) mass is 540 g/mol. The first-order valence-electron chi connectivity index (χ1n) is 14.3. The van der Waals surface area contributed by atoms with Gasteiger partial charge >= 0.3 is 5.97 Å². The number of aryl methyl sites for hydroxylation is 4. The number of H-pyrrole nitrogens is 2. The number of carbonyl (C=O) groups is 1. The number of hydrogen-bond donors (Lipinski definition) is 3. The number of ether oxygens (including phenoxy) is 1. The number of nitrogens with zero attached hydrogens (tertiary/aromatic N) is 2. The molecule has 5 rings (SSSR count). The molecule has 0 unspecified atom stereocenters. The first kappa shape index (κ1) is 27.8. The summed E-state index contributed by atoms with van der Waals surface area (Å²) in [6.45, 7) is 14.9. The molecule has 8 bridgehead atoms. The average molecular weight is 541 g/mol. The van der Waals surface area contributed by atoms with E-state index in [4.69, 9.17) is 14.7 Å². The van der Waals surface area contributed by atoms with E-state index in [1.807, 2.05) is 13.8 Å². The minimum absolute atomic E-state index is 0.0703. The number of hydrogen-bond acceptors (Lipinski definition) is 5. The molecule has 2 atom stereocenters. The van der Waals surface area contributed by atoms with E-state index in [2.05, 4.69) is 68.9 Å². The molecule has 3 N–H and O–H groups in total. The van der Waals surface area contributed by atoms with Gasteiger partial charge in [0.15, 0.2) is 0 Å². The largest absolute Gasteiger partial charge is 0.466 e. The number of carbonyl (C=O) groups excluding carboxylic acids is 1. The fourth-order valence-corrected chi connectivity index (χ4v) is 6.16. The van der Waals surface area contributed by atoms with Crippen LogP contribution in [0.15, 0.2) is 24.3 Å². The molecule has 40 heavy (non-hydrogen) atoms. The van der Waals surface area contributed by atoms with Crippen molar-refractivity contribution in [2.24, 2.45) is 0 Å². The summed E-state index contributed by atoms with van der Waals surface area (Å²) in [5, 5.41) is 10.3. The molecule has 0 aromatic carbocycles. The van der Waals surface area contributed by atoms with Crippen LogP contribution in [0.25, 0.3) is 33.2 Å². The van der Waals surface area contributed by atoms with Crippen LogP contribution < -0.4 is 0 Å². The highest BCUT2D eigenvalue weighted by atomic mass is 16.5. The fraction of sp³-hybridized carbons (Fsp3) is 0.424. The highest BCUT2D eigenvalue weighted by molar-refractivity contribution is 5.92. The van der Waals surface area contributed by atoms with Gasteiger partial charge in [-0.3, -0.25) is 9.78 Å². The number of aliphatic hydroxyl groups is 1. The van der Waals surface area contributed by atoms with Crippen molar-refractivity contribution in [3.05, 3.63) is 69.3 Å². The Morgan fingerprint density at radius 3 is 2.35 bits per heavy atom. The van der Waals surface area contributed by atoms with Crippen molar-refractivity contribution in [2.75, 3.05) is 13.2 Å². The molecular weight excluding hydrogens is 500 g/mol. The van der Waals surface area contributed by atoms with Crippen molar-refractivity contribution in [3.8, 4) is 0 Å². The van der Waals surface area contributed by atoms with Crippen molar-refractivity contribution in [2.45, 2.75) is 79.6 Å². The molecule has 3 aromatic heterocycles. The Bertz CT molecular complexity index is 1670. The van der Waals surface area contributed by atoms with Gasteiger partial charge in [-0.25, -0.2) is 4.98 Å². The number of allylic oxidation sites excluding steroid dienone is 1. The van der Waals surface area contributed by atoms with Crippen molar-refractivity contribution < 1.29 is 14.6 Å². The standard InChI is InChI=1S/C33H40N4O3/c1-8-22-18(4)28-15-31-24(16-38)20(6)27(36-31)14-29-19(5)23(10-11-32(39)40-9-2)33(37-29)21(7)26-12-17(3)25(34-26)13-30(22)35-28/h12-15,19,23,34-35,38H,8-11,16H2,1-7H3/t19-,23-/m0/s1. The molecule has 3 aromatic rings. The lowest BCUT2D eigenvalue weighted by Gasteiger charge is -2.16. The predicted octanol–water partition coefficient (Wildman–Crippen LogP) is 6.96. The van der Waals surface area contributed by atoms with Gasteiger partial charge in [-0.15, -0.1) is 0 Å². The van der Waals surface area contributed by atoms with Crippen LogP contribution in [0.5, 0.6) is 0 Å². The molecule has 5 heterocycles. The summed E-state index contributed by atoms with van der Waals surface area (Å²) in [6, 6.07) is 8.49. The first-order chi connectivity index (χ1) is 19.2. The van der Waals surface area contributed by atoms with Gasteiger partial charge in [0, 0.05) is 57.3 Å². The lowest BCUT2D eigenvalue weighted by atomic mass is 9.86. The second-order valence-corrected chi connectivity index (χ2v) is 11.1. The van der Waals surface area contributed by atoms with Gasteiger partial charge in [0.25, 0.3) is 0 Å². The SMILES string of the molecule is CCOC(=O)CC[C@@H]1c2nc(cc3nc(cc4[nH]c(cc5[nH]c(cc5C)c2C)c(CC)c4C)C(CO)=C3C)[C@H]1C. The Morgan fingerprint density at radius 1 is 0.925 bits per heavy atom. The third-order valence-electron chi connectivity index (χ3n) is 8.68. The first-order valence-corrected chi connectivity index (χ1v) is 14.3. The van der Waals surface area contributed by atoms with Gasteiger partial charge in [-0.05, 0) is 99.6 Å². The summed E-state index contributed by atoms with van der Waals surface area (Å²) in [4.78, 5) is 29.7. The molecular formula is C33H40N4O3. The Balaban J connectivity index is 1.84. The summed E-state index contributed by atoms with van der Waals surface area (Å²) in [5.41, 5.74) is 14.2. The summed E-state index contributed by atoms with van der Waals surface area (Å²) in [5.74, 6) is -0.0115. The van der Waals surface area contributed by atoms with Gasteiger partial charge in [0.1, 0.15) is 0 Å². The van der Waals surface area contributed by atoms with Crippen LogP contribution in [0.1, 0.15) is 97.4 Å². The number of rotatable bonds is 6. The fourth-order valence-electron chi connectivity index (χ4n) is 6.16. The maximum atomic E-state index is 12.3. The van der Waals surface area contributed by atoms with Crippen LogP contribution in [-0.4, -0.2) is 44.2 Å². The van der Waals surface area contributed by atoms with Crippen LogP contribution in [0, 0.1) is 20.8 Å². The average Bonchev–Trinajstić information content (AvgIpc) is 3.62. The Labute approximate surface area is 235 Å². The van der Waals surface area contributed by atoms with Crippen LogP contribution in [-0.2, 0) is 16.0 Å². The number of fused-ring (bicyclic) bond motifs is 8. The predicted molar refractivity (Wildman–Crippen MR) is 161 cm³/mol. The maximum absolute atomic E-state index is 12.3. The van der Waals surface area contributed by atoms with E-state index in [1.165, 1.54) is 11.1 Å². The highest BCUT2D eigenvalue weighted by Gasteiger charge is 2.31. The summed E-state index contributed by atoms with van der Waals surface area (Å²) in [6.07, 6.45) is 1.90. The number of nitrogens with one attached hydrogen (secondary N) is 2. The van der Waals surface area contributed by atoms with Gasteiger partial charge in [0.05, 0.1) is 24.6 Å². The van der Waals surface area contributed by atoms with Crippen LogP contribution in [0.3, 0.4) is 0 Å². The van der Waals surface area contributed by atoms with Crippen molar-refractivity contribution >= 4 is 39.2 Å². The molecule has 2 aliphatic rings. The number of aliphatic hydroxyl groups excluding tert-OH is 1. The van der Waals surface area contributed by atoms with Crippen LogP contribution in [0.4, 0.5) is 0 Å². The van der Waals surface area contributed by atoms with E-state index in [1.54, 1.807) is 0 Å². The lowest BCUT2D eigenvalue weighted by Crippen LogP contribution is -2.09. The van der Waals surface area contributed by atoms with E-state index in [9.17, 15) is 9.90 Å². The molecule has 0 spiro atoms. The Morgan fingerprint density at radius 2 is 1.65 bits per heavy atom. The zero-order valence-corrected chi connectivity index (χ0v) is 24.7. The van der Waals surface area contributed by atoms with Crippen LogP contribution in [0.2, 0.25) is 0 Å². The normalized spacial score (nSPS) is 17.0. The molecule has 210 valence electrons. The van der Waals surface area contributed by atoms with Crippen molar-refractivity contribution in [1.29, 1.82) is 0 Å². The zero-order chi connectivity index (χ0) is 28.7. The Hall–Kier alpha value is -3.71. The van der Waals surface area contributed by atoms with Crippen LogP contribution >= 0.6 is 0 Å². The second-order valence-electron chi connectivity index (χ2n) is 11.1. The second kappa shape index (κ2) is 11.0. The van der Waals surface area contributed by atoms with Gasteiger partial charge < -0.3 is 19.8 Å². The van der Waals surface area contributed by atoms with Crippen molar-refractivity contribution in [3.63, 3.8) is 0 Å². The molecule has 0 amide bonds. The maximum Gasteiger partial charge on any atom is 0.305 e. The summed E-state index contributed by atoms with van der Waals surface area (Å²) >= 11 is 0. The highest BCUT2D eigenvalue weighted by Crippen LogP contribution is 2.42. The zero-order valence-electron chi connectivity index (χ0n) is 24.7. The molecule has 7 nitrogen and oxygen atoms in total. The van der Waals surface area contributed by atoms with Gasteiger partial charge in [-0.1, -0.05) is 13.8 Å². The molecule has 0 aliphatic carbocycles. The number of esters is 1. The number of aromatic amines is 2. The van der Waals surface area contributed by atoms with E-state index >= 15 is 0 Å². The number of aromatic nitrogens is 4. The van der Waals surface area contributed by atoms with E-state index in [-0.39, 0.29) is 24.4 Å². The van der Waals surface area contributed by atoms with Crippen molar-refractivity contribution in [1.82, 2.24) is 19.9 Å². The quantitative estimate of drug-likeness (QED) is 0.293. The van der Waals surface area contributed by atoms with Gasteiger partial charge in [-0.2, -0.15) is 0 Å². The molecule has 0 fully saturated rings. The summed E-state index contributed by atoms with van der Waals surface area (Å²) < 4.78 is 5.24. The smallest absolute Gasteiger partial charge is 0.305 e. The molecule has 0 saturated carbocycles. The molecule has 7 heteroatoms. The summed E-state index contributed by atoms with van der Waals surface area (Å²) in [7, 11) is 0. The molecule has 0 radical (unpaired) electrons. The van der Waals surface area contributed by atoms with E-state index in [0.29, 0.717) is 19.4 Å². The topological polar surface area (TPSA) is 104 Å². The molecule has 0 saturated heterocycles. The minimum atomic E-state index is -0.177. The lowest BCUT2D eigenvalue weighted by molar-refractivity contribution is -0.143. The van der Waals surface area contributed by atoms with Gasteiger partial charge in [0.2, 0.25) is 0 Å². The Kier molecular flexibility index (Phi) is 7.69. The third kappa shape index (κ3) is 4.87. The molecule has 2 aliphatic heterocycles. The van der Waals surface area contributed by atoms with E-state index < -0.39 is 0 Å². The van der Waals surface area contributed by atoms with E-state index in [0.717, 1.165) is 73.5 Å². The minimum Gasteiger partial charge on any atom is -0.466 e.